The number of pyridine rings is 1. The third-order valence-corrected chi connectivity index (χ3v) is 2.75. The van der Waals surface area contributed by atoms with Gasteiger partial charge in [0.15, 0.2) is 0 Å². The first-order valence-corrected chi connectivity index (χ1v) is 6.07. The molecule has 1 atom stereocenters. The molecule has 4 heteroatoms. The molecule has 0 aliphatic carbocycles. The summed E-state index contributed by atoms with van der Waals surface area (Å²) in [5.74, 6) is -0.0294. The Kier molecular flexibility index (Phi) is 4.12. The van der Waals surface area contributed by atoms with Gasteiger partial charge in [0.2, 0.25) is 0 Å². The average Bonchev–Trinajstić information content (AvgIpc) is 2.36. The Hall–Kier alpha value is -1.94. The first kappa shape index (κ1) is 13.5. The number of aliphatic hydroxyl groups excluding tert-OH is 1. The van der Waals surface area contributed by atoms with Crippen LogP contribution in [0.25, 0.3) is 0 Å². The third kappa shape index (κ3) is 3.51. The van der Waals surface area contributed by atoms with Gasteiger partial charge in [-0.25, -0.2) is 4.39 Å². The lowest BCUT2D eigenvalue weighted by atomic mass is 10.1. The summed E-state index contributed by atoms with van der Waals surface area (Å²) in [6, 6.07) is 6.08. The van der Waals surface area contributed by atoms with Crippen LogP contribution < -0.4 is 4.74 Å². The van der Waals surface area contributed by atoms with Crippen LogP contribution in [0.4, 0.5) is 4.39 Å². The van der Waals surface area contributed by atoms with Crippen LogP contribution in [0.5, 0.6) is 5.75 Å². The van der Waals surface area contributed by atoms with Crippen LogP contribution in [0, 0.1) is 12.7 Å². The summed E-state index contributed by atoms with van der Waals surface area (Å²) in [4.78, 5) is 4.07. The SMILES string of the molecule is Cc1cncc(COc2cc(F)ccc2[C@H](C)O)c1. The first-order chi connectivity index (χ1) is 9.06. The van der Waals surface area contributed by atoms with E-state index in [0.29, 0.717) is 11.3 Å². The van der Waals surface area contributed by atoms with Gasteiger partial charge in [0, 0.05) is 29.6 Å². The number of aryl methyl sites for hydroxylation is 1. The Morgan fingerprint density at radius 1 is 1.32 bits per heavy atom. The van der Waals surface area contributed by atoms with Crippen molar-refractivity contribution in [1.29, 1.82) is 0 Å². The lowest BCUT2D eigenvalue weighted by molar-refractivity contribution is 0.190. The fourth-order valence-corrected chi connectivity index (χ4v) is 1.84. The molecule has 100 valence electrons. The molecule has 0 bridgehead atoms. The summed E-state index contributed by atoms with van der Waals surface area (Å²) < 4.78 is 18.8. The van der Waals surface area contributed by atoms with Crippen molar-refractivity contribution < 1.29 is 14.2 Å². The van der Waals surface area contributed by atoms with E-state index >= 15 is 0 Å². The Bertz CT molecular complexity index is 570. The molecule has 0 saturated heterocycles. The van der Waals surface area contributed by atoms with Gasteiger partial charge in [-0.3, -0.25) is 4.98 Å². The van der Waals surface area contributed by atoms with Gasteiger partial charge < -0.3 is 9.84 Å². The van der Waals surface area contributed by atoms with Crippen molar-refractivity contribution in [1.82, 2.24) is 4.98 Å². The molecule has 0 aliphatic rings. The molecule has 3 nitrogen and oxygen atoms in total. The van der Waals surface area contributed by atoms with Crippen LogP contribution in [-0.4, -0.2) is 10.1 Å². The Balaban J connectivity index is 2.17. The molecule has 0 spiro atoms. The molecule has 0 fully saturated rings. The molecule has 0 radical (unpaired) electrons. The molecule has 0 saturated carbocycles. The molecule has 1 aromatic heterocycles. The molecular weight excluding hydrogens is 245 g/mol. The lowest BCUT2D eigenvalue weighted by Crippen LogP contribution is -2.02. The standard InChI is InChI=1S/C15H16FNO2/c1-10-5-12(8-17-7-10)9-19-15-6-13(16)3-4-14(15)11(2)18/h3-8,11,18H,9H2,1-2H3/t11-/m0/s1. The van der Waals surface area contributed by atoms with Crippen molar-refractivity contribution in [3.05, 3.63) is 59.2 Å². The molecule has 19 heavy (non-hydrogen) atoms. The largest absolute Gasteiger partial charge is 0.488 e. The second-order valence-corrected chi connectivity index (χ2v) is 4.52. The highest BCUT2D eigenvalue weighted by atomic mass is 19.1. The van der Waals surface area contributed by atoms with Gasteiger partial charge in [0.1, 0.15) is 18.2 Å². The normalized spacial score (nSPS) is 12.2. The summed E-state index contributed by atoms with van der Waals surface area (Å²) in [5.41, 5.74) is 2.51. The Labute approximate surface area is 111 Å². The second kappa shape index (κ2) is 5.80. The number of rotatable bonds is 4. The summed E-state index contributed by atoms with van der Waals surface area (Å²) in [6.07, 6.45) is 2.76. The molecule has 2 aromatic rings. The molecule has 1 aromatic carbocycles. The predicted octanol–water partition coefficient (Wildman–Crippen LogP) is 3.16. The zero-order valence-corrected chi connectivity index (χ0v) is 10.9. The van der Waals surface area contributed by atoms with Gasteiger partial charge in [0.05, 0.1) is 6.10 Å². The van der Waals surface area contributed by atoms with Crippen LogP contribution in [0.1, 0.15) is 29.7 Å². The molecule has 0 aliphatic heterocycles. The number of halogens is 1. The van der Waals surface area contributed by atoms with Crippen molar-refractivity contribution in [2.45, 2.75) is 26.6 Å². The smallest absolute Gasteiger partial charge is 0.128 e. The van der Waals surface area contributed by atoms with Gasteiger partial charge in [-0.05, 0) is 37.6 Å². The number of hydrogen-bond acceptors (Lipinski definition) is 3. The number of benzene rings is 1. The van der Waals surface area contributed by atoms with Gasteiger partial charge >= 0.3 is 0 Å². The van der Waals surface area contributed by atoms with Crippen molar-refractivity contribution in [3.8, 4) is 5.75 Å². The van der Waals surface area contributed by atoms with Gasteiger partial charge in [0.25, 0.3) is 0 Å². The number of aromatic nitrogens is 1. The van der Waals surface area contributed by atoms with Crippen LogP contribution in [-0.2, 0) is 6.61 Å². The lowest BCUT2D eigenvalue weighted by Gasteiger charge is -2.13. The summed E-state index contributed by atoms with van der Waals surface area (Å²) in [5, 5.41) is 9.62. The third-order valence-electron chi connectivity index (χ3n) is 2.75. The van der Waals surface area contributed by atoms with Crippen molar-refractivity contribution in [3.63, 3.8) is 0 Å². The van der Waals surface area contributed by atoms with Crippen LogP contribution >= 0.6 is 0 Å². The van der Waals surface area contributed by atoms with E-state index in [-0.39, 0.29) is 12.4 Å². The van der Waals surface area contributed by atoms with Crippen LogP contribution in [0.15, 0.2) is 36.7 Å². The maximum absolute atomic E-state index is 13.2. The maximum atomic E-state index is 13.2. The minimum atomic E-state index is -0.703. The average molecular weight is 261 g/mol. The fraction of sp³-hybridized carbons (Fsp3) is 0.267. The summed E-state index contributed by atoms with van der Waals surface area (Å²) in [7, 11) is 0. The number of hydrogen-bond donors (Lipinski definition) is 1. The minimum absolute atomic E-state index is 0.290. The molecule has 0 amide bonds. The maximum Gasteiger partial charge on any atom is 0.128 e. The highest BCUT2D eigenvalue weighted by Crippen LogP contribution is 2.26. The number of nitrogens with zero attached hydrogens (tertiary/aromatic N) is 1. The molecule has 2 rings (SSSR count). The molecule has 1 N–H and O–H groups in total. The fourth-order valence-electron chi connectivity index (χ4n) is 1.84. The summed E-state index contributed by atoms with van der Waals surface area (Å²) >= 11 is 0. The molecular formula is C15H16FNO2. The Morgan fingerprint density at radius 3 is 2.79 bits per heavy atom. The van der Waals surface area contributed by atoms with E-state index < -0.39 is 6.10 Å². The van der Waals surface area contributed by atoms with E-state index in [1.165, 1.54) is 18.2 Å². The summed E-state index contributed by atoms with van der Waals surface area (Å²) in [6.45, 7) is 3.85. The van der Waals surface area contributed by atoms with Gasteiger partial charge in [-0.2, -0.15) is 0 Å². The molecule has 0 unspecified atom stereocenters. The van der Waals surface area contributed by atoms with Crippen molar-refractivity contribution in [2.24, 2.45) is 0 Å². The van der Waals surface area contributed by atoms with E-state index in [1.54, 1.807) is 19.3 Å². The van der Waals surface area contributed by atoms with E-state index in [0.717, 1.165) is 11.1 Å². The first-order valence-electron chi connectivity index (χ1n) is 6.07. The minimum Gasteiger partial charge on any atom is -0.488 e. The predicted molar refractivity (Wildman–Crippen MR) is 70.3 cm³/mol. The van der Waals surface area contributed by atoms with E-state index in [4.69, 9.17) is 4.74 Å². The zero-order valence-electron chi connectivity index (χ0n) is 10.9. The highest BCUT2D eigenvalue weighted by Gasteiger charge is 2.10. The van der Waals surface area contributed by atoms with Crippen molar-refractivity contribution in [2.75, 3.05) is 0 Å². The number of ether oxygens (including phenoxy) is 1. The second-order valence-electron chi connectivity index (χ2n) is 4.52. The number of aliphatic hydroxyl groups is 1. The zero-order chi connectivity index (χ0) is 13.8. The van der Waals surface area contributed by atoms with Crippen molar-refractivity contribution >= 4 is 0 Å². The van der Waals surface area contributed by atoms with E-state index in [1.807, 2.05) is 13.0 Å². The topological polar surface area (TPSA) is 42.4 Å². The van der Waals surface area contributed by atoms with Gasteiger partial charge in [-0.1, -0.05) is 0 Å². The quantitative estimate of drug-likeness (QED) is 0.919. The van der Waals surface area contributed by atoms with E-state index in [9.17, 15) is 9.50 Å². The van der Waals surface area contributed by atoms with E-state index in [2.05, 4.69) is 4.98 Å². The van der Waals surface area contributed by atoms with Crippen LogP contribution in [0.3, 0.4) is 0 Å². The Morgan fingerprint density at radius 2 is 2.11 bits per heavy atom. The van der Waals surface area contributed by atoms with Gasteiger partial charge in [-0.15, -0.1) is 0 Å². The molecule has 1 heterocycles. The monoisotopic (exact) mass is 261 g/mol. The highest BCUT2D eigenvalue weighted by molar-refractivity contribution is 5.35. The van der Waals surface area contributed by atoms with Crippen LogP contribution in [0.2, 0.25) is 0 Å².